The molecule has 6 heteroatoms. The van der Waals surface area contributed by atoms with Crippen LogP contribution in [0.3, 0.4) is 0 Å². The van der Waals surface area contributed by atoms with Crippen LogP contribution in [0.4, 0.5) is 5.69 Å². The van der Waals surface area contributed by atoms with Crippen molar-refractivity contribution >= 4 is 17.3 Å². The maximum Gasteiger partial charge on any atom is 0.271 e. The summed E-state index contributed by atoms with van der Waals surface area (Å²) in [5.74, 6) is 0.753. The molecular weight excluding hydrogens is 282 g/mol. The Labute approximate surface area is 120 Å². The van der Waals surface area contributed by atoms with E-state index in [9.17, 15) is 15.2 Å². The number of hydrogen-bond acceptors (Lipinski definition) is 4. The van der Waals surface area contributed by atoms with Gasteiger partial charge in [0.2, 0.25) is 0 Å². The minimum atomic E-state index is -0.692. The van der Waals surface area contributed by atoms with Crippen LogP contribution in [0.25, 0.3) is 0 Å². The summed E-state index contributed by atoms with van der Waals surface area (Å²) in [6.45, 7) is 1.62. The number of ether oxygens (including phenoxy) is 1. The van der Waals surface area contributed by atoms with Crippen LogP contribution in [0.15, 0.2) is 42.5 Å². The highest BCUT2D eigenvalue weighted by molar-refractivity contribution is 6.32. The average molecular weight is 294 g/mol. The van der Waals surface area contributed by atoms with E-state index in [-0.39, 0.29) is 10.7 Å². The van der Waals surface area contributed by atoms with E-state index in [1.165, 1.54) is 18.2 Å². The SMILES string of the molecule is C[C@@H](O)c1ccccc1Oc1ccc([N+](=O)[O-])cc1Cl. The highest BCUT2D eigenvalue weighted by Crippen LogP contribution is 2.35. The van der Waals surface area contributed by atoms with Crippen LogP contribution < -0.4 is 4.74 Å². The lowest BCUT2D eigenvalue weighted by Crippen LogP contribution is -1.96. The second-order valence-electron chi connectivity index (χ2n) is 4.19. The molecule has 104 valence electrons. The van der Waals surface area contributed by atoms with Crippen molar-refractivity contribution < 1.29 is 14.8 Å². The van der Waals surface area contributed by atoms with Gasteiger partial charge in [0.1, 0.15) is 11.5 Å². The van der Waals surface area contributed by atoms with Crippen LogP contribution in [0.5, 0.6) is 11.5 Å². The molecule has 0 fully saturated rings. The minimum Gasteiger partial charge on any atom is -0.455 e. The Morgan fingerprint density at radius 2 is 1.95 bits per heavy atom. The molecule has 1 N–H and O–H groups in total. The van der Waals surface area contributed by atoms with Gasteiger partial charge in [-0.05, 0) is 19.1 Å². The first-order chi connectivity index (χ1) is 9.49. The summed E-state index contributed by atoms with van der Waals surface area (Å²) >= 11 is 5.96. The molecule has 5 nitrogen and oxygen atoms in total. The van der Waals surface area contributed by atoms with Gasteiger partial charge in [-0.25, -0.2) is 0 Å². The van der Waals surface area contributed by atoms with Gasteiger partial charge < -0.3 is 9.84 Å². The van der Waals surface area contributed by atoms with Crippen molar-refractivity contribution in [2.75, 3.05) is 0 Å². The van der Waals surface area contributed by atoms with Gasteiger partial charge in [-0.15, -0.1) is 0 Å². The summed E-state index contributed by atoms with van der Waals surface area (Å²) in [6, 6.07) is 10.9. The fourth-order valence-electron chi connectivity index (χ4n) is 1.72. The Hall–Kier alpha value is -2.11. The van der Waals surface area contributed by atoms with Crippen molar-refractivity contribution in [3.8, 4) is 11.5 Å². The van der Waals surface area contributed by atoms with E-state index in [1.54, 1.807) is 31.2 Å². The van der Waals surface area contributed by atoms with Gasteiger partial charge in [0.15, 0.2) is 0 Å². The van der Waals surface area contributed by atoms with Crippen LogP contribution in [-0.4, -0.2) is 10.0 Å². The van der Waals surface area contributed by atoms with Crippen LogP contribution in [0.1, 0.15) is 18.6 Å². The maximum atomic E-state index is 10.6. The topological polar surface area (TPSA) is 72.6 Å². The van der Waals surface area contributed by atoms with Crippen LogP contribution in [0.2, 0.25) is 5.02 Å². The summed E-state index contributed by atoms with van der Waals surface area (Å²) in [7, 11) is 0. The second kappa shape index (κ2) is 5.90. The van der Waals surface area contributed by atoms with Gasteiger partial charge in [-0.2, -0.15) is 0 Å². The zero-order valence-electron chi connectivity index (χ0n) is 10.6. The molecule has 0 radical (unpaired) electrons. The number of rotatable bonds is 4. The third-order valence-electron chi connectivity index (χ3n) is 2.72. The Kier molecular flexibility index (Phi) is 4.22. The van der Waals surface area contributed by atoms with Crippen LogP contribution in [0, 0.1) is 10.1 Å². The van der Waals surface area contributed by atoms with Gasteiger partial charge in [-0.1, -0.05) is 29.8 Å². The van der Waals surface area contributed by atoms with Gasteiger partial charge in [0, 0.05) is 17.7 Å². The largest absolute Gasteiger partial charge is 0.455 e. The highest BCUT2D eigenvalue weighted by Gasteiger charge is 2.13. The number of aliphatic hydroxyl groups is 1. The standard InChI is InChI=1S/C14H12ClNO4/c1-9(17)11-4-2-3-5-13(11)20-14-7-6-10(16(18)19)8-12(14)15/h2-9,17H,1H3/t9-/m1/s1. The molecule has 0 heterocycles. The third-order valence-corrected chi connectivity index (χ3v) is 3.01. The van der Waals surface area contributed by atoms with E-state index in [2.05, 4.69) is 0 Å². The summed E-state index contributed by atoms with van der Waals surface area (Å²) < 4.78 is 5.62. The number of aliphatic hydroxyl groups excluding tert-OH is 1. The lowest BCUT2D eigenvalue weighted by molar-refractivity contribution is -0.384. The van der Waals surface area contributed by atoms with E-state index in [4.69, 9.17) is 16.3 Å². The maximum absolute atomic E-state index is 10.6. The Morgan fingerprint density at radius 3 is 2.55 bits per heavy atom. The number of nitrogens with zero attached hydrogens (tertiary/aromatic N) is 1. The van der Waals surface area contributed by atoms with Gasteiger partial charge >= 0.3 is 0 Å². The molecule has 1 atom stereocenters. The number of halogens is 1. The van der Waals surface area contributed by atoms with E-state index >= 15 is 0 Å². The number of non-ortho nitro benzene ring substituents is 1. The smallest absolute Gasteiger partial charge is 0.271 e. The first-order valence-electron chi connectivity index (χ1n) is 5.88. The number of para-hydroxylation sites is 1. The molecule has 2 aromatic carbocycles. The van der Waals surface area contributed by atoms with Crippen molar-refractivity contribution in [1.82, 2.24) is 0 Å². The van der Waals surface area contributed by atoms with E-state index < -0.39 is 11.0 Å². The molecule has 0 saturated heterocycles. The zero-order valence-corrected chi connectivity index (χ0v) is 11.4. The predicted molar refractivity (Wildman–Crippen MR) is 75.3 cm³/mol. The molecule has 0 amide bonds. The van der Waals surface area contributed by atoms with Crippen molar-refractivity contribution in [1.29, 1.82) is 0 Å². The van der Waals surface area contributed by atoms with Crippen molar-refractivity contribution in [2.24, 2.45) is 0 Å². The molecule has 2 aromatic rings. The fraction of sp³-hybridized carbons (Fsp3) is 0.143. The first-order valence-corrected chi connectivity index (χ1v) is 6.25. The number of hydrogen-bond donors (Lipinski definition) is 1. The first kappa shape index (κ1) is 14.3. The molecule has 0 saturated carbocycles. The molecule has 0 aliphatic heterocycles. The van der Waals surface area contributed by atoms with E-state index in [0.717, 1.165) is 0 Å². The highest BCUT2D eigenvalue weighted by atomic mass is 35.5. The van der Waals surface area contributed by atoms with Gasteiger partial charge in [0.05, 0.1) is 16.0 Å². The van der Waals surface area contributed by atoms with E-state index in [0.29, 0.717) is 17.1 Å². The molecule has 0 aromatic heterocycles. The molecule has 20 heavy (non-hydrogen) atoms. The van der Waals surface area contributed by atoms with Crippen LogP contribution in [-0.2, 0) is 0 Å². The monoisotopic (exact) mass is 293 g/mol. The molecule has 0 bridgehead atoms. The molecule has 0 unspecified atom stereocenters. The van der Waals surface area contributed by atoms with Crippen molar-refractivity contribution in [2.45, 2.75) is 13.0 Å². The Balaban J connectivity index is 2.33. The summed E-state index contributed by atoms with van der Waals surface area (Å²) in [4.78, 5) is 10.1. The molecular formula is C14H12ClNO4. The fourth-order valence-corrected chi connectivity index (χ4v) is 1.94. The molecule has 0 spiro atoms. The number of nitro groups is 1. The molecule has 0 aliphatic rings. The normalized spacial score (nSPS) is 11.9. The van der Waals surface area contributed by atoms with Crippen molar-refractivity contribution in [3.05, 3.63) is 63.2 Å². The summed E-state index contributed by atoms with van der Waals surface area (Å²) in [5, 5.41) is 20.4. The molecule has 0 aliphatic carbocycles. The number of benzene rings is 2. The lowest BCUT2D eigenvalue weighted by Gasteiger charge is -2.13. The van der Waals surface area contributed by atoms with Gasteiger partial charge in [0.25, 0.3) is 5.69 Å². The van der Waals surface area contributed by atoms with E-state index in [1.807, 2.05) is 0 Å². The number of nitro benzene ring substituents is 1. The third kappa shape index (κ3) is 3.07. The minimum absolute atomic E-state index is 0.105. The van der Waals surface area contributed by atoms with Crippen molar-refractivity contribution in [3.63, 3.8) is 0 Å². The second-order valence-corrected chi connectivity index (χ2v) is 4.59. The Morgan fingerprint density at radius 1 is 1.25 bits per heavy atom. The van der Waals surface area contributed by atoms with Gasteiger partial charge in [-0.3, -0.25) is 10.1 Å². The predicted octanol–water partition coefficient (Wildman–Crippen LogP) is 4.09. The lowest BCUT2D eigenvalue weighted by atomic mass is 10.1. The quantitative estimate of drug-likeness (QED) is 0.680. The Bertz CT molecular complexity index is 643. The molecule has 2 rings (SSSR count). The van der Waals surface area contributed by atoms with Crippen LogP contribution >= 0.6 is 11.6 Å². The summed E-state index contributed by atoms with van der Waals surface area (Å²) in [5.41, 5.74) is 0.507. The average Bonchev–Trinajstić information content (AvgIpc) is 2.41. The zero-order chi connectivity index (χ0) is 14.7. The summed E-state index contributed by atoms with van der Waals surface area (Å²) in [6.07, 6.45) is -0.692.